The standard InChI is InChI=1S/C15H19NO3/c1-9-7-10-13(17)12(16-18)5-6-19-14(10)11(8-9)15(2,3)4/h7-8,18H,5-6H2,1-4H3/b16-12-. The maximum Gasteiger partial charge on any atom is 0.214 e. The zero-order valence-corrected chi connectivity index (χ0v) is 11.8. The number of Topliss-reactive ketones (excluding diaryl/α,β-unsaturated/α-hetero) is 1. The summed E-state index contributed by atoms with van der Waals surface area (Å²) in [6.07, 6.45) is 0.326. The molecule has 0 fully saturated rings. The molecule has 4 nitrogen and oxygen atoms in total. The fourth-order valence-corrected chi connectivity index (χ4v) is 2.27. The molecule has 1 aromatic rings. The molecule has 0 amide bonds. The third-order valence-electron chi connectivity index (χ3n) is 3.25. The van der Waals surface area contributed by atoms with Gasteiger partial charge in [0.15, 0.2) is 0 Å². The number of ketones is 1. The lowest BCUT2D eigenvalue weighted by Crippen LogP contribution is -2.16. The van der Waals surface area contributed by atoms with Crippen molar-refractivity contribution < 1.29 is 14.7 Å². The number of fused-ring (bicyclic) bond motifs is 1. The molecular formula is C15H19NO3. The Morgan fingerprint density at radius 2 is 2.00 bits per heavy atom. The van der Waals surface area contributed by atoms with Crippen LogP contribution in [0.15, 0.2) is 17.3 Å². The maximum absolute atomic E-state index is 12.3. The minimum atomic E-state index is -0.246. The highest BCUT2D eigenvalue weighted by Gasteiger charge is 2.29. The lowest BCUT2D eigenvalue weighted by molar-refractivity contribution is 0.106. The Kier molecular flexibility index (Phi) is 3.35. The van der Waals surface area contributed by atoms with Gasteiger partial charge in [0, 0.05) is 12.0 Å². The molecule has 4 heteroatoms. The van der Waals surface area contributed by atoms with Gasteiger partial charge in [0.2, 0.25) is 5.78 Å². The Morgan fingerprint density at radius 1 is 1.32 bits per heavy atom. The van der Waals surface area contributed by atoms with E-state index in [1.54, 1.807) is 6.07 Å². The summed E-state index contributed by atoms with van der Waals surface area (Å²) in [7, 11) is 0. The number of oxime groups is 1. The molecule has 2 rings (SSSR count). The summed E-state index contributed by atoms with van der Waals surface area (Å²) < 4.78 is 5.75. The molecule has 19 heavy (non-hydrogen) atoms. The van der Waals surface area contributed by atoms with Crippen LogP contribution in [0.3, 0.4) is 0 Å². The lowest BCUT2D eigenvalue weighted by Gasteiger charge is -2.24. The summed E-state index contributed by atoms with van der Waals surface area (Å²) in [5.74, 6) is 0.381. The molecule has 0 saturated heterocycles. The Labute approximate surface area is 113 Å². The number of carbonyl (C=O) groups is 1. The van der Waals surface area contributed by atoms with Gasteiger partial charge in [0.05, 0.1) is 12.2 Å². The molecule has 0 unspecified atom stereocenters. The molecule has 0 aliphatic carbocycles. The first-order chi connectivity index (χ1) is 8.84. The summed E-state index contributed by atoms with van der Waals surface area (Å²) in [5, 5.41) is 12.0. The zero-order chi connectivity index (χ0) is 14.2. The molecule has 0 aromatic heterocycles. The minimum Gasteiger partial charge on any atom is -0.492 e. The van der Waals surface area contributed by atoms with Crippen molar-refractivity contribution in [2.45, 2.75) is 39.5 Å². The molecule has 0 bridgehead atoms. The van der Waals surface area contributed by atoms with E-state index in [1.807, 2.05) is 13.0 Å². The van der Waals surface area contributed by atoms with Crippen LogP contribution in [0.1, 0.15) is 48.7 Å². The van der Waals surface area contributed by atoms with Crippen molar-refractivity contribution in [2.75, 3.05) is 6.61 Å². The fraction of sp³-hybridized carbons (Fsp3) is 0.467. The molecule has 0 atom stereocenters. The van der Waals surface area contributed by atoms with Crippen LogP contribution in [0.25, 0.3) is 0 Å². The molecule has 102 valence electrons. The number of nitrogens with zero attached hydrogens (tertiary/aromatic N) is 1. The predicted molar refractivity (Wildman–Crippen MR) is 73.5 cm³/mol. The van der Waals surface area contributed by atoms with E-state index < -0.39 is 0 Å². The normalized spacial score (nSPS) is 17.9. The minimum absolute atomic E-state index is 0.114. The van der Waals surface area contributed by atoms with Crippen molar-refractivity contribution in [1.82, 2.24) is 0 Å². The number of hydrogen-bond acceptors (Lipinski definition) is 4. The van der Waals surface area contributed by atoms with Gasteiger partial charge in [0.1, 0.15) is 11.5 Å². The third kappa shape index (κ3) is 2.48. The first-order valence-corrected chi connectivity index (χ1v) is 6.38. The SMILES string of the molecule is Cc1cc2c(c(C(C)(C)C)c1)OCC/C(=N/O)C2=O. The molecule has 1 N–H and O–H groups in total. The van der Waals surface area contributed by atoms with Crippen molar-refractivity contribution in [3.8, 4) is 5.75 Å². The number of ether oxygens (including phenoxy) is 1. The summed E-state index contributed by atoms with van der Waals surface area (Å²) in [5.41, 5.74) is 2.55. The lowest BCUT2D eigenvalue weighted by atomic mass is 9.83. The highest BCUT2D eigenvalue weighted by molar-refractivity contribution is 6.46. The molecule has 1 aliphatic rings. The van der Waals surface area contributed by atoms with Gasteiger partial charge >= 0.3 is 0 Å². The van der Waals surface area contributed by atoms with Crippen LogP contribution in [-0.4, -0.2) is 23.3 Å². The van der Waals surface area contributed by atoms with Crippen molar-refractivity contribution in [2.24, 2.45) is 5.16 Å². The topological polar surface area (TPSA) is 58.9 Å². The van der Waals surface area contributed by atoms with E-state index in [0.29, 0.717) is 24.3 Å². The van der Waals surface area contributed by atoms with Crippen LogP contribution >= 0.6 is 0 Å². The Hall–Kier alpha value is -1.84. The Balaban J connectivity index is 2.69. The third-order valence-corrected chi connectivity index (χ3v) is 3.25. The highest BCUT2D eigenvalue weighted by atomic mass is 16.5. The van der Waals surface area contributed by atoms with Crippen LogP contribution in [0.5, 0.6) is 5.75 Å². The van der Waals surface area contributed by atoms with Crippen LogP contribution < -0.4 is 4.74 Å². The van der Waals surface area contributed by atoms with Crippen molar-refractivity contribution in [3.05, 3.63) is 28.8 Å². The number of aryl methyl sites for hydroxylation is 1. The second kappa shape index (κ2) is 4.68. The second-order valence-electron chi connectivity index (χ2n) is 5.91. The van der Waals surface area contributed by atoms with E-state index in [9.17, 15) is 4.79 Å². The van der Waals surface area contributed by atoms with E-state index in [-0.39, 0.29) is 16.9 Å². The van der Waals surface area contributed by atoms with Gasteiger partial charge in [-0.1, -0.05) is 32.0 Å². The number of hydrogen-bond donors (Lipinski definition) is 1. The average molecular weight is 261 g/mol. The van der Waals surface area contributed by atoms with E-state index in [2.05, 4.69) is 25.9 Å². The predicted octanol–water partition coefficient (Wildman–Crippen LogP) is 3.09. The Morgan fingerprint density at radius 3 is 2.58 bits per heavy atom. The van der Waals surface area contributed by atoms with Gasteiger partial charge in [0.25, 0.3) is 0 Å². The molecule has 0 saturated carbocycles. The average Bonchev–Trinajstić information content (AvgIpc) is 2.47. The molecule has 1 aromatic carbocycles. The molecule has 1 heterocycles. The molecule has 0 spiro atoms. The quantitative estimate of drug-likeness (QED) is 0.576. The Bertz CT molecular complexity index is 553. The van der Waals surface area contributed by atoms with Crippen LogP contribution in [0, 0.1) is 6.92 Å². The van der Waals surface area contributed by atoms with Crippen LogP contribution in [0.2, 0.25) is 0 Å². The molecule has 0 radical (unpaired) electrons. The monoisotopic (exact) mass is 261 g/mol. The molecule has 1 aliphatic heterocycles. The highest BCUT2D eigenvalue weighted by Crippen LogP contribution is 2.37. The van der Waals surface area contributed by atoms with Gasteiger partial charge in [-0.05, 0) is 24.0 Å². The summed E-state index contributed by atoms with van der Waals surface area (Å²) in [6, 6.07) is 3.84. The van der Waals surface area contributed by atoms with E-state index in [0.717, 1.165) is 11.1 Å². The van der Waals surface area contributed by atoms with Gasteiger partial charge in [-0.25, -0.2) is 0 Å². The van der Waals surface area contributed by atoms with Gasteiger partial charge in [-0.15, -0.1) is 0 Å². The smallest absolute Gasteiger partial charge is 0.214 e. The van der Waals surface area contributed by atoms with Crippen molar-refractivity contribution in [1.29, 1.82) is 0 Å². The summed E-state index contributed by atoms with van der Waals surface area (Å²) >= 11 is 0. The van der Waals surface area contributed by atoms with Gasteiger partial charge < -0.3 is 9.94 Å². The first-order valence-electron chi connectivity index (χ1n) is 6.38. The molecular weight excluding hydrogens is 242 g/mol. The van der Waals surface area contributed by atoms with Crippen LogP contribution in [0.4, 0.5) is 0 Å². The van der Waals surface area contributed by atoms with Crippen molar-refractivity contribution >= 4 is 11.5 Å². The number of carbonyl (C=O) groups excluding carboxylic acids is 1. The summed E-state index contributed by atoms with van der Waals surface area (Å²) in [4.78, 5) is 12.3. The van der Waals surface area contributed by atoms with Gasteiger partial charge in [-0.3, -0.25) is 4.79 Å². The van der Waals surface area contributed by atoms with E-state index in [1.165, 1.54) is 0 Å². The first kappa shape index (κ1) is 13.6. The second-order valence-corrected chi connectivity index (χ2v) is 5.91. The van der Waals surface area contributed by atoms with Crippen LogP contribution in [-0.2, 0) is 5.41 Å². The fourth-order valence-electron chi connectivity index (χ4n) is 2.27. The van der Waals surface area contributed by atoms with E-state index in [4.69, 9.17) is 9.94 Å². The maximum atomic E-state index is 12.3. The summed E-state index contributed by atoms with van der Waals surface area (Å²) in [6.45, 7) is 8.55. The number of benzene rings is 1. The number of rotatable bonds is 0. The largest absolute Gasteiger partial charge is 0.492 e. The van der Waals surface area contributed by atoms with Gasteiger partial charge in [-0.2, -0.15) is 0 Å². The van der Waals surface area contributed by atoms with Crippen molar-refractivity contribution in [3.63, 3.8) is 0 Å². The van der Waals surface area contributed by atoms with E-state index >= 15 is 0 Å². The zero-order valence-electron chi connectivity index (χ0n) is 11.8.